The van der Waals surface area contributed by atoms with E-state index in [9.17, 15) is 4.79 Å². The predicted octanol–water partition coefficient (Wildman–Crippen LogP) is 1.51. The van der Waals surface area contributed by atoms with Crippen LogP contribution in [0.3, 0.4) is 0 Å². The van der Waals surface area contributed by atoms with Crippen molar-refractivity contribution in [1.29, 1.82) is 0 Å². The Morgan fingerprint density at radius 1 is 1.60 bits per heavy atom. The lowest BCUT2D eigenvalue weighted by Crippen LogP contribution is -2.32. The molecule has 80 valence electrons. The fraction of sp³-hybridized carbons (Fsp3) is 0.364. The van der Waals surface area contributed by atoms with E-state index in [1.165, 1.54) is 11.1 Å². The van der Waals surface area contributed by atoms with Gasteiger partial charge in [-0.05, 0) is 30.0 Å². The van der Waals surface area contributed by atoms with E-state index in [2.05, 4.69) is 27.3 Å². The van der Waals surface area contributed by atoms with Gasteiger partial charge in [-0.25, -0.2) is 0 Å². The largest absolute Gasteiger partial charge is 0.348 e. The fourth-order valence-corrected chi connectivity index (χ4v) is 2.59. The lowest BCUT2D eigenvalue weighted by atomic mass is 10.1. The Balaban J connectivity index is 2.21. The molecule has 1 aromatic carbocycles. The second-order valence-corrected chi connectivity index (χ2v) is 4.52. The van der Waals surface area contributed by atoms with Crippen LogP contribution in [0, 0.1) is 0 Å². The molecule has 0 heterocycles. The summed E-state index contributed by atoms with van der Waals surface area (Å²) in [5.41, 5.74) is 7.80. The molecule has 3 nitrogen and oxygen atoms in total. The molecule has 1 aromatic rings. The first kappa shape index (κ1) is 10.6. The van der Waals surface area contributed by atoms with Crippen molar-refractivity contribution in [3.8, 4) is 0 Å². The van der Waals surface area contributed by atoms with Gasteiger partial charge in [0.05, 0.1) is 12.6 Å². The highest BCUT2D eigenvalue weighted by molar-refractivity contribution is 9.10. The van der Waals surface area contributed by atoms with Crippen LogP contribution in [-0.4, -0.2) is 12.5 Å². The lowest BCUT2D eigenvalue weighted by Gasteiger charge is -2.13. The molecular formula is C11H13BrN2O. The third-order valence-corrected chi connectivity index (χ3v) is 3.48. The van der Waals surface area contributed by atoms with Crippen LogP contribution in [0.1, 0.15) is 23.6 Å². The Labute approximate surface area is 97.2 Å². The minimum atomic E-state index is -0.0900. The van der Waals surface area contributed by atoms with E-state index in [4.69, 9.17) is 5.73 Å². The summed E-state index contributed by atoms with van der Waals surface area (Å²) in [6, 6.07) is 6.23. The van der Waals surface area contributed by atoms with Gasteiger partial charge in [-0.1, -0.05) is 28.1 Å². The number of carbonyl (C=O) groups is 1. The van der Waals surface area contributed by atoms with Crippen molar-refractivity contribution in [2.24, 2.45) is 5.73 Å². The maximum Gasteiger partial charge on any atom is 0.234 e. The molecule has 0 spiro atoms. The summed E-state index contributed by atoms with van der Waals surface area (Å²) in [4.78, 5) is 11.2. The van der Waals surface area contributed by atoms with Gasteiger partial charge in [0.25, 0.3) is 0 Å². The van der Waals surface area contributed by atoms with Gasteiger partial charge in [-0.15, -0.1) is 0 Å². The van der Waals surface area contributed by atoms with Gasteiger partial charge in [0.15, 0.2) is 0 Å². The van der Waals surface area contributed by atoms with Crippen LogP contribution in [-0.2, 0) is 11.2 Å². The first-order valence-electron chi connectivity index (χ1n) is 4.99. The minimum Gasteiger partial charge on any atom is -0.348 e. The monoisotopic (exact) mass is 268 g/mol. The number of nitrogens with two attached hydrogens (primary N) is 1. The quantitative estimate of drug-likeness (QED) is 0.855. The number of amides is 1. The van der Waals surface area contributed by atoms with E-state index < -0.39 is 0 Å². The Bertz CT molecular complexity index is 392. The second kappa shape index (κ2) is 4.33. The van der Waals surface area contributed by atoms with Crippen LogP contribution in [0.25, 0.3) is 0 Å². The van der Waals surface area contributed by atoms with E-state index in [-0.39, 0.29) is 18.5 Å². The predicted molar refractivity (Wildman–Crippen MR) is 62.4 cm³/mol. The molecule has 0 saturated heterocycles. The second-order valence-electron chi connectivity index (χ2n) is 3.67. The summed E-state index contributed by atoms with van der Waals surface area (Å²) in [5, 5.41) is 2.93. The molecule has 1 aliphatic carbocycles. The summed E-state index contributed by atoms with van der Waals surface area (Å²) < 4.78 is 1.13. The number of halogens is 1. The number of carbonyl (C=O) groups excluding carboxylic acids is 1. The lowest BCUT2D eigenvalue weighted by molar-refractivity contribution is -0.120. The van der Waals surface area contributed by atoms with E-state index >= 15 is 0 Å². The summed E-state index contributed by atoms with van der Waals surface area (Å²) in [5.74, 6) is -0.0900. The van der Waals surface area contributed by atoms with E-state index in [0.29, 0.717) is 0 Å². The van der Waals surface area contributed by atoms with Crippen LogP contribution in [0.5, 0.6) is 0 Å². The number of rotatable bonds is 2. The molecule has 0 radical (unpaired) electrons. The van der Waals surface area contributed by atoms with Crippen molar-refractivity contribution in [3.63, 3.8) is 0 Å². The van der Waals surface area contributed by atoms with Crippen molar-refractivity contribution in [3.05, 3.63) is 33.8 Å². The molecule has 15 heavy (non-hydrogen) atoms. The molecule has 1 unspecified atom stereocenters. The Kier molecular flexibility index (Phi) is 3.07. The highest BCUT2D eigenvalue weighted by Gasteiger charge is 2.24. The maximum atomic E-state index is 11.2. The molecular weight excluding hydrogens is 256 g/mol. The van der Waals surface area contributed by atoms with Crippen molar-refractivity contribution in [2.45, 2.75) is 18.9 Å². The molecule has 0 saturated carbocycles. The van der Waals surface area contributed by atoms with Gasteiger partial charge < -0.3 is 11.1 Å². The van der Waals surface area contributed by atoms with Gasteiger partial charge >= 0.3 is 0 Å². The van der Waals surface area contributed by atoms with Crippen LogP contribution >= 0.6 is 15.9 Å². The molecule has 3 N–H and O–H groups in total. The average Bonchev–Trinajstić information content (AvgIpc) is 2.63. The minimum absolute atomic E-state index is 0.0554. The number of hydrogen-bond donors (Lipinski definition) is 2. The first-order chi connectivity index (χ1) is 7.22. The van der Waals surface area contributed by atoms with Crippen LogP contribution in [0.2, 0.25) is 0 Å². The van der Waals surface area contributed by atoms with Gasteiger partial charge in [0.1, 0.15) is 0 Å². The van der Waals surface area contributed by atoms with Gasteiger partial charge in [-0.2, -0.15) is 0 Å². The normalized spacial score (nSPS) is 18.7. The molecule has 0 fully saturated rings. The van der Waals surface area contributed by atoms with Crippen LogP contribution < -0.4 is 11.1 Å². The highest BCUT2D eigenvalue weighted by Crippen LogP contribution is 2.35. The van der Waals surface area contributed by atoms with E-state index in [0.717, 1.165) is 17.3 Å². The standard InChI is InChI=1S/C11H13BrN2O/c12-9-3-1-2-8-7(9)4-5-10(8)14-11(15)6-13/h1-3,10H,4-6,13H2,(H,14,15). The Hall–Kier alpha value is -0.870. The highest BCUT2D eigenvalue weighted by atomic mass is 79.9. The van der Waals surface area contributed by atoms with Gasteiger partial charge in [-0.3, -0.25) is 4.79 Å². The van der Waals surface area contributed by atoms with Gasteiger partial charge in [0.2, 0.25) is 5.91 Å². The zero-order valence-corrected chi connectivity index (χ0v) is 9.88. The molecule has 4 heteroatoms. The van der Waals surface area contributed by atoms with Gasteiger partial charge in [0, 0.05) is 4.47 Å². The van der Waals surface area contributed by atoms with E-state index in [1.54, 1.807) is 0 Å². The number of hydrogen-bond acceptors (Lipinski definition) is 2. The first-order valence-corrected chi connectivity index (χ1v) is 5.78. The molecule has 1 aliphatic rings. The van der Waals surface area contributed by atoms with Crippen LogP contribution in [0.4, 0.5) is 0 Å². The molecule has 0 aromatic heterocycles. The Morgan fingerprint density at radius 3 is 3.13 bits per heavy atom. The fourth-order valence-electron chi connectivity index (χ4n) is 2.01. The van der Waals surface area contributed by atoms with Crippen molar-refractivity contribution < 1.29 is 4.79 Å². The molecule has 2 rings (SSSR count). The molecule has 0 bridgehead atoms. The molecule has 1 atom stereocenters. The van der Waals surface area contributed by atoms with E-state index in [1.807, 2.05) is 12.1 Å². The topological polar surface area (TPSA) is 55.1 Å². The zero-order valence-electron chi connectivity index (χ0n) is 8.29. The SMILES string of the molecule is NCC(=O)NC1CCc2c(Br)cccc21. The molecule has 1 amide bonds. The van der Waals surface area contributed by atoms with Crippen molar-refractivity contribution >= 4 is 21.8 Å². The number of nitrogens with one attached hydrogen (secondary N) is 1. The number of fused-ring (bicyclic) bond motifs is 1. The molecule has 0 aliphatic heterocycles. The summed E-state index contributed by atoms with van der Waals surface area (Å²) in [7, 11) is 0. The summed E-state index contributed by atoms with van der Waals surface area (Å²) in [6.45, 7) is 0.0554. The third-order valence-electron chi connectivity index (χ3n) is 2.73. The summed E-state index contributed by atoms with van der Waals surface area (Å²) in [6.07, 6.45) is 1.97. The number of benzene rings is 1. The third kappa shape index (κ3) is 2.06. The maximum absolute atomic E-state index is 11.2. The van der Waals surface area contributed by atoms with Crippen molar-refractivity contribution in [2.75, 3.05) is 6.54 Å². The summed E-state index contributed by atoms with van der Waals surface area (Å²) >= 11 is 3.52. The zero-order chi connectivity index (χ0) is 10.8. The van der Waals surface area contributed by atoms with Crippen molar-refractivity contribution in [1.82, 2.24) is 5.32 Å². The average molecular weight is 269 g/mol. The smallest absolute Gasteiger partial charge is 0.234 e. The Morgan fingerprint density at radius 2 is 2.40 bits per heavy atom. The van der Waals surface area contributed by atoms with Crippen LogP contribution in [0.15, 0.2) is 22.7 Å².